The number of aromatic nitrogens is 1. The lowest BCUT2D eigenvalue weighted by Crippen LogP contribution is -2.33. The van der Waals surface area contributed by atoms with Gasteiger partial charge in [-0.3, -0.25) is 19.3 Å². The molecule has 0 bridgehead atoms. The van der Waals surface area contributed by atoms with E-state index in [2.05, 4.69) is 4.98 Å². The SMILES string of the molecule is CN(CC(=O)c1c[nH]c(C(=O)N2CCCC2)c1)Cc1ccc(C(=O)NCC(F)(F)F)cc1. The molecule has 172 valence electrons. The maximum atomic E-state index is 12.6. The van der Waals surface area contributed by atoms with E-state index >= 15 is 0 Å². The van der Waals surface area contributed by atoms with Gasteiger partial charge in [-0.05, 0) is 43.7 Å². The van der Waals surface area contributed by atoms with Crippen LogP contribution in [0.15, 0.2) is 36.5 Å². The lowest BCUT2D eigenvalue weighted by Gasteiger charge is -2.16. The number of likely N-dealkylation sites (tertiary alicyclic amines) is 1. The molecule has 1 aromatic carbocycles. The molecule has 7 nitrogen and oxygen atoms in total. The summed E-state index contributed by atoms with van der Waals surface area (Å²) in [5.41, 5.74) is 1.75. The summed E-state index contributed by atoms with van der Waals surface area (Å²) in [5, 5.41) is 1.82. The summed E-state index contributed by atoms with van der Waals surface area (Å²) >= 11 is 0. The molecule has 0 unspecified atom stereocenters. The predicted octanol–water partition coefficient (Wildman–Crippen LogP) is 2.86. The monoisotopic (exact) mass is 450 g/mol. The molecule has 2 N–H and O–H groups in total. The highest BCUT2D eigenvalue weighted by atomic mass is 19.4. The van der Waals surface area contributed by atoms with Gasteiger partial charge in [0.2, 0.25) is 0 Å². The zero-order valence-corrected chi connectivity index (χ0v) is 17.7. The van der Waals surface area contributed by atoms with Gasteiger partial charge in [-0.25, -0.2) is 0 Å². The first-order chi connectivity index (χ1) is 15.1. The Morgan fingerprint density at radius 3 is 2.38 bits per heavy atom. The molecular formula is C22H25F3N4O3. The Morgan fingerprint density at radius 2 is 1.75 bits per heavy atom. The highest BCUT2D eigenvalue weighted by Crippen LogP contribution is 2.15. The number of carbonyl (C=O) groups is 3. The quantitative estimate of drug-likeness (QED) is 0.606. The van der Waals surface area contributed by atoms with Crippen molar-refractivity contribution in [3.63, 3.8) is 0 Å². The van der Waals surface area contributed by atoms with Crippen LogP contribution in [0.25, 0.3) is 0 Å². The molecule has 1 saturated heterocycles. The van der Waals surface area contributed by atoms with Crippen molar-refractivity contribution in [2.45, 2.75) is 25.6 Å². The number of nitrogens with one attached hydrogen (secondary N) is 2. The highest BCUT2D eigenvalue weighted by molar-refractivity contribution is 6.01. The highest BCUT2D eigenvalue weighted by Gasteiger charge is 2.28. The van der Waals surface area contributed by atoms with Gasteiger partial charge in [0, 0.05) is 37.0 Å². The fourth-order valence-corrected chi connectivity index (χ4v) is 3.52. The van der Waals surface area contributed by atoms with Crippen molar-refractivity contribution in [2.75, 3.05) is 33.2 Å². The first-order valence-corrected chi connectivity index (χ1v) is 10.3. The molecule has 32 heavy (non-hydrogen) atoms. The normalized spacial score (nSPS) is 14.1. The van der Waals surface area contributed by atoms with Gasteiger partial charge < -0.3 is 15.2 Å². The van der Waals surface area contributed by atoms with Gasteiger partial charge in [0.1, 0.15) is 12.2 Å². The minimum absolute atomic E-state index is 0.103. The number of ketones is 1. The number of halogens is 3. The third-order valence-electron chi connectivity index (χ3n) is 5.16. The van der Waals surface area contributed by atoms with Crippen molar-refractivity contribution in [1.82, 2.24) is 20.1 Å². The number of likely N-dealkylation sites (N-methyl/N-ethyl adjacent to an activating group) is 1. The minimum Gasteiger partial charge on any atom is -0.356 e. The molecule has 0 atom stereocenters. The predicted molar refractivity (Wildman–Crippen MR) is 111 cm³/mol. The average Bonchev–Trinajstić information content (AvgIpc) is 3.43. The number of aromatic amines is 1. The summed E-state index contributed by atoms with van der Waals surface area (Å²) in [6.07, 6.45) is -0.954. The number of benzene rings is 1. The van der Waals surface area contributed by atoms with Crippen LogP contribution in [0.5, 0.6) is 0 Å². The Kier molecular flexibility index (Phi) is 7.34. The Hall–Kier alpha value is -3.14. The molecule has 10 heteroatoms. The number of alkyl halides is 3. The first-order valence-electron chi connectivity index (χ1n) is 10.3. The molecule has 0 spiro atoms. The molecule has 0 radical (unpaired) electrons. The maximum Gasteiger partial charge on any atom is 0.405 e. The molecule has 3 rings (SSSR count). The Morgan fingerprint density at radius 1 is 1.09 bits per heavy atom. The average molecular weight is 450 g/mol. The van der Waals surface area contributed by atoms with Crippen LogP contribution in [-0.4, -0.2) is 71.8 Å². The van der Waals surface area contributed by atoms with Crippen molar-refractivity contribution < 1.29 is 27.6 Å². The van der Waals surface area contributed by atoms with E-state index in [0.717, 1.165) is 31.5 Å². The second-order valence-electron chi connectivity index (χ2n) is 7.89. The summed E-state index contributed by atoms with van der Waals surface area (Å²) in [4.78, 5) is 43.2. The lowest BCUT2D eigenvalue weighted by atomic mass is 10.1. The molecule has 1 aromatic heterocycles. The van der Waals surface area contributed by atoms with Gasteiger partial charge in [-0.2, -0.15) is 13.2 Å². The molecule has 2 amide bonds. The minimum atomic E-state index is -4.47. The summed E-state index contributed by atoms with van der Waals surface area (Å²) in [5.74, 6) is -1.05. The van der Waals surface area contributed by atoms with Crippen LogP contribution < -0.4 is 5.32 Å². The number of H-pyrrole nitrogens is 1. The third-order valence-corrected chi connectivity index (χ3v) is 5.16. The lowest BCUT2D eigenvalue weighted by molar-refractivity contribution is -0.123. The Labute approximate surface area is 183 Å². The molecule has 1 aliphatic heterocycles. The van der Waals surface area contributed by atoms with Crippen molar-refractivity contribution in [1.29, 1.82) is 0 Å². The van der Waals surface area contributed by atoms with Crippen LogP contribution in [0.2, 0.25) is 0 Å². The van der Waals surface area contributed by atoms with E-state index in [4.69, 9.17) is 0 Å². The van der Waals surface area contributed by atoms with Gasteiger partial charge in [0.05, 0.1) is 6.54 Å². The summed E-state index contributed by atoms with van der Waals surface area (Å²) in [6, 6.07) is 7.72. The zero-order chi connectivity index (χ0) is 23.3. The number of carbonyl (C=O) groups excluding carboxylic acids is 3. The second-order valence-corrected chi connectivity index (χ2v) is 7.89. The van der Waals surface area contributed by atoms with Crippen LogP contribution in [0.3, 0.4) is 0 Å². The van der Waals surface area contributed by atoms with Gasteiger partial charge in [0.15, 0.2) is 5.78 Å². The van der Waals surface area contributed by atoms with E-state index in [9.17, 15) is 27.6 Å². The van der Waals surface area contributed by atoms with E-state index in [-0.39, 0.29) is 23.8 Å². The summed E-state index contributed by atoms with van der Waals surface area (Å²) < 4.78 is 36.6. The van der Waals surface area contributed by atoms with Crippen LogP contribution in [-0.2, 0) is 6.54 Å². The number of hydrogen-bond donors (Lipinski definition) is 2. The fraction of sp³-hybridized carbons (Fsp3) is 0.409. The Balaban J connectivity index is 1.51. The van der Waals surface area contributed by atoms with Crippen LogP contribution in [0.1, 0.15) is 49.6 Å². The molecule has 1 fully saturated rings. The van der Waals surface area contributed by atoms with Crippen molar-refractivity contribution >= 4 is 17.6 Å². The van der Waals surface area contributed by atoms with Crippen molar-refractivity contribution in [2.24, 2.45) is 0 Å². The fourth-order valence-electron chi connectivity index (χ4n) is 3.52. The number of rotatable bonds is 8. The van der Waals surface area contributed by atoms with Crippen LogP contribution >= 0.6 is 0 Å². The van der Waals surface area contributed by atoms with E-state index in [1.54, 1.807) is 35.0 Å². The molecule has 0 saturated carbocycles. The van der Waals surface area contributed by atoms with Gasteiger partial charge in [-0.15, -0.1) is 0 Å². The topological polar surface area (TPSA) is 85.5 Å². The summed E-state index contributed by atoms with van der Waals surface area (Å²) in [7, 11) is 1.75. The Bertz CT molecular complexity index is 964. The zero-order valence-electron chi connectivity index (χ0n) is 17.7. The molecule has 1 aliphatic rings. The molecule has 2 heterocycles. The largest absolute Gasteiger partial charge is 0.405 e. The second kappa shape index (κ2) is 9.99. The molecule has 0 aliphatic carbocycles. The maximum absolute atomic E-state index is 12.6. The number of nitrogens with zero attached hydrogens (tertiary/aromatic N) is 2. The molecule has 2 aromatic rings. The van der Waals surface area contributed by atoms with E-state index in [0.29, 0.717) is 17.8 Å². The number of amides is 2. The van der Waals surface area contributed by atoms with E-state index in [1.807, 2.05) is 5.32 Å². The van der Waals surface area contributed by atoms with Gasteiger partial charge in [0.25, 0.3) is 11.8 Å². The number of Topliss-reactive ketones (excluding diaryl/α,β-unsaturated/α-hetero) is 1. The van der Waals surface area contributed by atoms with E-state index in [1.165, 1.54) is 18.3 Å². The van der Waals surface area contributed by atoms with Crippen LogP contribution in [0.4, 0.5) is 13.2 Å². The van der Waals surface area contributed by atoms with Crippen molar-refractivity contribution in [3.05, 3.63) is 58.9 Å². The summed E-state index contributed by atoms with van der Waals surface area (Å²) in [6.45, 7) is 0.589. The van der Waals surface area contributed by atoms with Gasteiger partial charge >= 0.3 is 6.18 Å². The standard InChI is InChI=1S/C22H25F3N4O3/c1-28(12-15-4-6-16(7-5-15)20(31)27-14-22(23,24)25)13-19(30)17-10-18(26-11-17)21(32)29-8-2-3-9-29/h4-7,10-11,26H,2-3,8-9,12-14H2,1H3,(H,27,31). The molecular weight excluding hydrogens is 425 g/mol. The third kappa shape index (κ3) is 6.43. The van der Waals surface area contributed by atoms with E-state index < -0.39 is 18.6 Å². The van der Waals surface area contributed by atoms with Crippen LogP contribution in [0, 0.1) is 0 Å². The smallest absolute Gasteiger partial charge is 0.356 e. The number of hydrogen-bond acceptors (Lipinski definition) is 4. The van der Waals surface area contributed by atoms with Crippen molar-refractivity contribution in [3.8, 4) is 0 Å². The first kappa shape index (κ1) is 23.5. The van der Waals surface area contributed by atoms with Gasteiger partial charge in [-0.1, -0.05) is 12.1 Å².